The number of nitrogens with zero attached hydrogens (tertiary/aromatic N) is 3. The minimum Gasteiger partial charge on any atom is -0.379 e. The topological polar surface area (TPSA) is 138 Å². The van der Waals surface area contributed by atoms with Crippen LogP contribution in [-0.4, -0.2) is 52.2 Å². The van der Waals surface area contributed by atoms with Crippen LogP contribution in [0.5, 0.6) is 0 Å². The summed E-state index contributed by atoms with van der Waals surface area (Å²) in [5.74, 6) is 0.831. The molecular weight excluding hydrogens is 584 g/mol. The van der Waals surface area contributed by atoms with Crippen LogP contribution in [0.3, 0.4) is 0 Å². The van der Waals surface area contributed by atoms with Crippen LogP contribution in [0.2, 0.25) is 0 Å². The lowest BCUT2D eigenvalue weighted by atomic mass is 9.79. The van der Waals surface area contributed by atoms with Crippen LogP contribution in [0.4, 0.5) is 14.5 Å². The number of rotatable bonds is 3. The summed E-state index contributed by atoms with van der Waals surface area (Å²) in [5, 5.41) is 11.8. The molecule has 232 valence electrons. The molecule has 9 nitrogen and oxygen atoms in total. The molecule has 0 saturated carbocycles. The average molecular weight is 626 g/mol. The maximum Gasteiger partial charge on any atom is 0.270 e. The lowest BCUT2D eigenvalue weighted by Crippen LogP contribution is -2.41. The predicted molar refractivity (Wildman–Crippen MR) is 169 cm³/mol. The minimum absolute atomic E-state index is 0. The summed E-state index contributed by atoms with van der Waals surface area (Å²) < 4.78 is 39.8. The van der Waals surface area contributed by atoms with Gasteiger partial charge in [0.25, 0.3) is 5.69 Å². The summed E-state index contributed by atoms with van der Waals surface area (Å²) in [6, 6.07) is 10.3. The first-order valence-corrected chi connectivity index (χ1v) is 14.4. The second-order valence-electron chi connectivity index (χ2n) is 10.0. The lowest BCUT2D eigenvalue weighted by Gasteiger charge is -2.35. The van der Waals surface area contributed by atoms with Crippen molar-refractivity contribution in [2.75, 3.05) is 24.7 Å². The normalized spacial score (nSPS) is 30.9. The smallest absolute Gasteiger partial charge is 0.270 e. The monoisotopic (exact) mass is 625 g/mol. The van der Waals surface area contributed by atoms with E-state index in [2.05, 4.69) is 9.98 Å². The number of benzene rings is 2. The summed E-state index contributed by atoms with van der Waals surface area (Å²) in [4.78, 5) is 19.4. The molecule has 0 radical (unpaired) electrons. The van der Waals surface area contributed by atoms with Gasteiger partial charge in [0.2, 0.25) is 0 Å². The van der Waals surface area contributed by atoms with Crippen LogP contribution in [-0.2, 0) is 20.6 Å². The van der Waals surface area contributed by atoms with Gasteiger partial charge in [-0.05, 0) is 26.0 Å². The zero-order chi connectivity index (χ0) is 27.9. The molecule has 2 saturated heterocycles. The molecule has 0 spiro atoms. The Labute approximate surface area is 255 Å². The van der Waals surface area contributed by atoms with Gasteiger partial charge in [-0.15, -0.1) is 0 Å². The molecule has 4 heterocycles. The number of hydrogen-bond acceptors (Lipinski definition) is 10. The lowest BCUT2D eigenvalue weighted by molar-refractivity contribution is -0.385. The number of hydrogen-bond donors (Lipinski definition) is 2. The Hall–Kier alpha value is -2.74. The third-order valence-corrected chi connectivity index (χ3v) is 9.73. The van der Waals surface area contributed by atoms with Gasteiger partial charge >= 0.3 is 0 Å². The van der Waals surface area contributed by atoms with Gasteiger partial charge in [-0.1, -0.05) is 64.0 Å². The van der Waals surface area contributed by atoms with Crippen LogP contribution >= 0.6 is 23.5 Å². The molecule has 4 N–H and O–H groups in total. The van der Waals surface area contributed by atoms with Crippen molar-refractivity contribution in [3.8, 4) is 0 Å². The number of aliphatic imine (C=N–C) groups is 2. The molecule has 2 aromatic rings. The molecule has 4 aliphatic heterocycles. The summed E-state index contributed by atoms with van der Waals surface area (Å²) >= 11 is 2.92. The first-order chi connectivity index (χ1) is 18.6. The molecule has 13 heteroatoms. The molecule has 0 unspecified atom stereocenters. The summed E-state index contributed by atoms with van der Waals surface area (Å²) in [5.41, 5.74) is 10.7. The molecule has 2 aromatic carbocycles. The van der Waals surface area contributed by atoms with E-state index < -0.39 is 21.8 Å². The highest BCUT2D eigenvalue weighted by molar-refractivity contribution is 8.14. The van der Waals surface area contributed by atoms with Crippen LogP contribution in [0.1, 0.15) is 47.3 Å². The molecule has 2 fully saturated rings. The Morgan fingerprint density at radius 3 is 1.83 bits per heavy atom. The second-order valence-corrected chi connectivity index (χ2v) is 12.1. The summed E-state index contributed by atoms with van der Waals surface area (Å²) in [6.45, 7) is 4.50. The third kappa shape index (κ3) is 6.15. The number of nitro groups is 1. The Bertz CT molecular complexity index is 1350. The number of fused-ring (bicyclic) bond motifs is 2. The van der Waals surface area contributed by atoms with Crippen LogP contribution < -0.4 is 11.5 Å². The van der Waals surface area contributed by atoms with Gasteiger partial charge in [0.05, 0.1) is 30.3 Å². The van der Waals surface area contributed by atoms with E-state index in [0.29, 0.717) is 28.3 Å². The van der Waals surface area contributed by atoms with E-state index in [1.165, 1.54) is 35.7 Å². The number of non-ortho nitro benzene ring substituents is 1. The van der Waals surface area contributed by atoms with Crippen molar-refractivity contribution in [2.45, 2.75) is 59.4 Å². The highest BCUT2D eigenvalue weighted by atomic mass is 32.2. The van der Waals surface area contributed by atoms with Crippen molar-refractivity contribution in [1.29, 1.82) is 0 Å². The highest BCUT2D eigenvalue weighted by Crippen LogP contribution is 2.49. The van der Waals surface area contributed by atoms with E-state index in [0.717, 1.165) is 17.9 Å². The number of amidine groups is 2. The van der Waals surface area contributed by atoms with Crippen molar-refractivity contribution in [2.24, 2.45) is 33.3 Å². The third-order valence-electron chi connectivity index (χ3n) is 7.90. The van der Waals surface area contributed by atoms with E-state index in [4.69, 9.17) is 20.9 Å². The first kappa shape index (κ1) is 35.5. The van der Waals surface area contributed by atoms with Gasteiger partial charge in [-0.25, -0.2) is 18.8 Å². The molecule has 4 aliphatic rings. The van der Waals surface area contributed by atoms with Crippen LogP contribution in [0.15, 0.2) is 52.4 Å². The standard InChI is InChI=1S/C13H14FN3O3S.C13H15FN2OS.3CH4/c1-7-10-5-21-12(15)16-13(10,6-20-7)9-4-8(17(18)19)2-3-11(9)14;1-8-10-6-18-12(15)16-13(10,7-17-8)9-4-2-3-5-11(9)14;;;/h2-4,7,10H,5-6H2,1H3,(H2,15,16);2-5,8,10H,6-7H2,1H3,(H2,15,16);3*1H4/t7-,10-,13-;8-,10-,13-;;;/m11.../s1. The van der Waals surface area contributed by atoms with Crippen molar-refractivity contribution >= 4 is 39.5 Å². The summed E-state index contributed by atoms with van der Waals surface area (Å²) in [6.07, 6.45) is -0.0260. The van der Waals surface area contributed by atoms with Gasteiger partial charge in [-0.2, -0.15) is 0 Å². The number of nitro benzene ring substituents is 1. The first-order valence-electron chi connectivity index (χ1n) is 12.5. The van der Waals surface area contributed by atoms with Crippen molar-refractivity contribution in [3.63, 3.8) is 0 Å². The zero-order valence-electron chi connectivity index (χ0n) is 21.4. The Kier molecular flexibility index (Phi) is 11.6. The zero-order valence-corrected chi connectivity index (χ0v) is 23.0. The fourth-order valence-electron chi connectivity index (χ4n) is 5.77. The molecular formula is C29H41F2N5O4S2. The van der Waals surface area contributed by atoms with Gasteiger partial charge < -0.3 is 20.9 Å². The SMILES string of the molecule is C.C.C.C[C@H]1OC[C@]2(c3cc([N+](=O)[O-])ccc3F)N=C(N)SC[C@H]12.C[C@H]1OC[C@]2(c3ccccc3F)N=C(N)SC[C@H]12. The highest BCUT2D eigenvalue weighted by Gasteiger charge is 2.54. The van der Waals surface area contributed by atoms with Gasteiger partial charge in [0.15, 0.2) is 10.3 Å². The molecule has 42 heavy (non-hydrogen) atoms. The van der Waals surface area contributed by atoms with Gasteiger partial charge in [-0.3, -0.25) is 10.1 Å². The molecule has 6 atom stereocenters. The van der Waals surface area contributed by atoms with Crippen LogP contribution in [0.25, 0.3) is 0 Å². The number of halogens is 2. The van der Waals surface area contributed by atoms with E-state index >= 15 is 0 Å². The van der Waals surface area contributed by atoms with Crippen molar-refractivity contribution in [1.82, 2.24) is 0 Å². The maximum atomic E-state index is 14.3. The van der Waals surface area contributed by atoms with E-state index in [-0.39, 0.29) is 70.0 Å². The van der Waals surface area contributed by atoms with E-state index in [9.17, 15) is 18.9 Å². The van der Waals surface area contributed by atoms with E-state index in [1.807, 2.05) is 19.9 Å². The Morgan fingerprint density at radius 2 is 1.33 bits per heavy atom. The second kappa shape index (κ2) is 13.7. The van der Waals surface area contributed by atoms with E-state index in [1.54, 1.807) is 12.1 Å². The summed E-state index contributed by atoms with van der Waals surface area (Å²) in [7, 11) is 0. The molecule has 0 amide bonds. The molecule has 0 bridgehead atoms. The van der Waals surface area contributed by atoms with Crippen molar-refractivity contribution in [3.05, 3.63) is 75.3 Å². The van der Waals surface area contributed by atoms with Crippen LogP contribution in [0, 0.1) is 33.6 Å². The largest absolute Gasteiger partial charge is 0.379 e. The number of ether oxygens (including phenoxy) is 2. The Balaban J connectivity index is 0.000000276. The number of thioether (sulfide) groups is 2. The van der Waals surface area contributed by atoms with Gasteiger partial charge in [0, 0.05) is 46.6 Å². The number of nitrogens with two attached hydrogens (primary N) is 2. The van der Waals surface area contributed by atoms with Gasteiger partial charge in [0.1, 0.15) is 22.7 Å². The fraction of sp³-hybridized carbons (Fsp3) is 0.517. The quantitative estimate of drug-likeness (QED) is 0.311. The molecule has 6 rings (SSSR count). The minimum atomic E-state index is -0.967. The maximum absolute atomic E-state index is 14.3. The fourth-order valence-corrected chi connectivity index (χ4v) is 8.02. The van der Waals surface area contributed by atoms with Crippen molar-refractivity contribution < 1.29 is 23.2 Å². The predicted octanol–water partition coefficient (Wildman–Crippen LogP) is 6.05. The molecule has 0 aromatic heterocycles. The average Bonchev–Trinajstić information content (AvgIpc) is 3.41. The molecule has 0 aliphatic carbocycles. The Morgan fingerprint density at radius 1 is 0.857 bits per heavy atom.